The van der Waals surface area contributed by atoms with E-state index in [1.165, 1.54) is 46.0 Å². The van der Waals surface area contributed by atoms with Crippen molar-refractivity contribution in [3.63, 3.8) is 0 Å². The molecule has 22 heteroatoms. The topological polar surface area (TPSA) is 167 Å². The summed E-state index contributed by atoms with van der Waals surface area (Å²) in [5, 5.41) is 10.0. The highest BCUT2D eigenvalue weighted by Gasteiger charge is 2.36. The highest BCUT2D eigenvalue weighted by Crippen LogP contribution is 2.23. The van der Waals surface area contributed by atoms with Gasteiger partial charge in [-0.2, -0.15) is 36.5 Å². The number of halogens is 8. The molecule has 0 spiro atoms. The van der Waals surface area contributed by atoms with Gasteiger partial charge in [-0.3, -0.25) is 14.6 Å². The number of carbonyl (C=O) groups excluding carboxylic acids is 4. The van der Waals surface area contributed by atoms with Crippen molar-refractivity contribution < 1.29 is 55.2 Å². The van der Waals surface area contributed by atoms with Gasteiger partial charge in [0.05, 0.1) is 13.1 Å². The van der Waals surface area contributed by atoms with Crippen molar-refractivity contribution in [2.75, 3.05) is 26.2 Å². The third kappa shape index (κ3) is 17.1. The number of urea groups is 2. The van der Waals surface area contributed by atoms with Gasteiger partial charge < -0.3 is 30.9 Å². The van der Waals surface area contributed by atoms with Crippen LogP contribution in [0.2, 0.25) is 0 Å². The molecule has 6 amide bonds. The average molecular weight is 868 g/mol. The Morgan fingerprint density at radius 1 is 0.725 bits per heavy atom. The van der Waals surface area contributed by atoms with Crippen molar-refractivity contribution in [1.29, 1.82) is 0 Å². The first-order valence-electron chi connectivity index (χ1n) is 14.8. The standard InChI is InChI=1S/C15H21F3N4O3.C14H17Br2F3N4O3/c1-5-22(25-11-6-7-19-10(2)8-11)13(24)21-14(3,4)12(23)20-9-15(16,17)18;1-4-23(26-8-5-9(15)21-10(16)6-8)12(25)22-13(2,3)11(24)20-7-14(17,18)19/h6-8H,5,9H2,1-4H3,(H,20,23)(H,21,24);5-6H,4,7H2,1-3H3,(H,20,24)(H,22,25). The van der Waals surface area contributed by atoms with Crippen LogP contribution < -0.4 is 30.9 Å². The van der Waals surface area contributed by atoms with Gasteiger partial charge in [-0.05, 0) is 80.3 Å². The van der Waals surface area contributed by atoms with Crippen LogP contribution in [0.1, 0.15) is 47.2 Å². The third-order valence-electron chi connectivity index (χ3n) is 5.94. The summed E-state index contributed by atoms with van der Waals surface area (Å²) in [6.45, 7) is 7.46. The van der Waals surface area contributed by atoms with E-state index in [2.05, 4.69) is 52.5 Å². The number of pyridine rings is 2. The number of hydrogen-bond donors (Lipinski definition) is 4. The summed E-state index contributed by atoms with van der Waals surface area (Å²) in [7, 11) is 0. The minimum Gasteiger partial charge on any atom is -0.375 e. The predicted octanol–water partition coefficient (Wildman–Crippen LogP) is 5.56. The van der Waals surface area contributed by atoms with Crippen LogP contribution in [0.4, 0.5) is 35.9 Å². The Morgan fingerprint density at radius 2 is 1.12 bits per heavy atom. The smallest absolute Gasteiger partial charge is 0.375 e. The zero-order valence-electron chi connectivity index (χ0n) is 28.5. The molecule has 51 heavy (non-hydrogen) atoms. The van der Waals surface area contributed by atoms with Gasteiger partial charge in [0.1, 0.15) is 33.4 Å². The van der Waals surface area contributed by atoms with Crippen LogP contribution in [0.5, 0.6) is 11.5 Å². The molecular formula is C29H38Br2F6N8O6. The molecule has 2 aromatic heterocycles. The van der Waals surface area contributed by atoms with Crippen LogP contribution in [0, 0.1) is 6.92 Å². The number of nitrogens with zero attached hydrogens (tertiary/aromatic N) is 4. The molecule has 0 saturated heterocycles. The van der Waals surface area contributed by atoms with Gasteiger partial charge in [-0.15, -0.1) is 0 Å². The monoisotopic (exact) mass is 866 g/mol. The van der Waals surface area contributed by atoms with Gasteiger partial charge in [0.25, 0.3) is 0 Å². The Hall–Kier alpha value is -4.08. The lowest BCUT2D eigenvalue weighted by molar-refractivity contribution is -0.141. The maximum absolute atomic E-state index is 12.3. The minimum atomic E-state index is -4.55. The maximum Gasteiger partial charge on any atom is 0.405 e. The zero-order valence-corrected chi connectivity index (χ0v) is 31.6. The zero-order chi connectivity index (χ0) is 39.4. The number of rotatable bonds is 12. The lowest BCUT2D eigenvalue weighted by Gasteiger charge is -2.29. The summed E-state index contributed by atoms with van der Waals surface area (Å²) in [6.07, 6.45) is -7.57. The molecule has 0 unspecified atom stereocenters. The first-order valence-corrected chi connectivity index (χ1v) is 16.4. The van der Waals surface area contributed by atoms with Crippen LogP contribution in [-0.2, 0) is 9.59 Å². The molecule has 0 aliphatic heterocycles. The summed E-state index contributed by atoms with van der Waals surface area (Å²) < 4.78 is 74.1. The van der Waals surface area contributed by atoms with Crippen molar-refractivity contribution in [2.24, 2.45) is 0 Å². The molecule has 286 valence electrons. The lowest BCUT2D eigenvalue weighted by atomic mass is 10.1. The van der Waals surface area contributed by atoms with Crippen molar-refractivity contribution in [3.8, 4) is 11.5 Å². The van der Waals surface area contributed by atoms with Crippen molar-refractivity contribution >= 4 is 55.7 Å². The van der Waals surface area contributed by atoms with Crippen LogP contribution in [0.25, 0.3) is 0 Å². The fourth-order valence-electron chi connectivity index (χ4n) is 3.40. The summed E-state index contributed by atoms with van der Waals surface area (Å²) >= 11 is 6.36. The molecule has 2 aromatic rings. The second kappa shape index (κ2) is 19.0. The number of hydroxylamine groups is 4. The summed E-state index contributed by atoms with van der Waals surface area (Å²) in [5.74, 6) is -1.29. The Bertz CT molecular complexity index is 1490. The van der Waals surface area contributed by atoms with E-state index in [-0.39, 0.29) is 18.8 Å². The van der Waals surface area contributed by atoms with E-state index in [1.54, 1.807) is 43.5 Å². The van der Waals surface area contributed by atoms with E-state index >= 15 is 0 Å². The largest absolute Gasteiger partial charge is 0.405 e. The number of amides is 6. The summed E-state index contributed by atoms with van der Waals surface area (Å²) in [6, 6.07) is 4.64. The summed E-state index contributed by atoms with van der Waals surface area (Å²) in [4.78, 5) is 67.2. The molecule has 0 radical (unpaired) electrons. The van der Waals surface area contributed by atoms with Crippen molar-refractivity contribution in [3.05, 3.63) is 45.4 Å². The van der Waals surface area contributed by atoms with Gasteiger partial charge in [0, 0.05) is 36.2 Å². The molecule has 0 atom stereocenters. The van der Waals surface area contributed by atoms with E-state index in [0.29, 0.717) is 20.6 Å². The van der Waals surface area contributed by atoms with Gasteiger partial charge >= 0.3 is 24.4 Å². The Balaban J connectivity index is 0.000000510. The molecule has 0 saturated carbocycles. The quantitative estimate of drug-likeness (QED) is 0.122. The van der Waals surface area contributed by atoms with Gasteiger partial charge in [-0.1, -0.05) is 0 Å². The Kier molecular flexibility index (Phi) is 16.7. The van der Waals surface area contributed by atoms with E-state index in [0.717, 1.165) is 10.1 Å². The first-order chi connectivity index (χ1) is 23.3. The molecule has 2 heterocycles. The molecule has 0 aliphatic rings. The highest BCUT2D eigenvalue weighted by atomic mass is 79.9. The molecule has 14 nitrogen and oxygen atoms in total. The van der Waals surface area contributed by atoms with Crippen LogP contribution in [0.3, 0.4) is 0 Å². The van der Waals surface area contributed by atoms with Crippen LogP contribution >= 0.6 is 31.9 Å². The molecule has 0 bridgehead atoms. The number of aryl methyl sites for hydroxylation is 1. The Labute approximate surface area is 306 Å². The van der Waals surface area contributed by atoms with Gasteiger partial charge in [0.2, 0.25) is 11.8 Å². The maximum atomic E-state index is 12.3. The molecule has 0 aromatic carbocycles. The normalized spacial score (nSPS) is 11.7. The lowest BCUT2D eigenvalue weighted by Crippen LogP contribution is -2.59. The average Bonchev–Trinajstić information content (AvgIpc) is 2.98. The molecule has 0 aliphatic carbocycles. The van der Waals surface area contributed by atoms with E-state index in [4.69, 9.17) is 9.68 Å². The highest BCUT2D eigenvalue weighted by molar-refractivity contribution is 9.11. The predicted molar refractivity (Wildman–Crippen MR) is 178 cm³/mol. The number of aromatic nitrogens is 2. The van der Waals surface area contributed by atoms with E-state index in [1.807, 2.05) is 0 Å². The molecular weight excluding hydrogens is 830 g/mol. The number of nitrogens with one attached hydrogen (secondary N) is 4. The fourth-order valence-corrected chi connectivity index (χ4v) is 4.47. The Morgan fingerprint density at radius 3 is 1.47 bits per heavy atom. The summed E-state index contributed by atoms with van der Waals surface area (Å²) in [5.41, 5.74) is -2.47. The van der Waals surface area contributed by atoms with E-state index < -0.39 is 60.4 Å². The number of hydrogen-bond acceptors (Lipinski definition) is 8. The second-order valence-corrected chi connectivity index (χ2v) is 13.0. The third-order valence-corrected chi connectivity index (χ3v) is 6.75. The molecule has 2 rings (SSSR count). The van der Waals surface area contributed by atoms with Crippen LogP contribution in [-0.4, -0.2) is 93.6 Å². The molecule has 4 N–H and O–H groups in total. The fraction of sp³-hybridized carbons (Fsp3) is 0.517. The van der Waals surface area contributed by atoms with Gasteiger partial charge in [-0.25, -0.2) is 14.6 Å². The van der Waals surface area contributed by atoms with Crippen molar-refractivity contribution in [1.82, 2.24) is 41.4 Å². The first kappa shape index (κ1) is 44.9. The minimum absolute atomic E-state index is 0.115. The van der Waals surface area contributed by atoms with Crippen molar-refractivity contribution in [2.45, 2.75) is 71.9 Å². The van der Waals surface area contributed by atoms with Gasteiger partial charge in [0.15, 0.2) is 11.5 Å². The SMILES string of the molecule is CCN(Oc1cc(Br)nc(Br)c1)C(=O)NC(C)(C)C(=O)NCC(F)(F)F.CCN(Oc1ccnc(C)c1)C(=O)NC(C)(C)C(=O)NCC(F)(F)F. The number of alkyl halides is 6. The second-order valence-electron chi connectivity index (χ2n) is 11.4. The number of carbonyl (C=O) groups is 4. The van der Waals surface area contributed by atoms with E-state index in [9.17, 15) is 45.5 Å². The van der Waals surface area contributed by atoms with Crippen LogP contribution in [0.15, 0.2) is 39.7 Å². The molecule has 0 fully saturated rings.